The van der Waals surface area contributed by atoms with Crippen LogP contribution in [0.5, 0.6) is 0 Å². The molecule has 0 aliphatic rings. The number of aliphatic hydroxyl groups is 4. The third kappa shape index (κ3) is 4.09. The van der Waals surface area contributed by atoms with E-state index in [0.29, 0.717) is 29.2 Å². The topological polar surface area (TPSA) is 160 Å². The molecule has 134 valence electrons. The van der Waals surface area contributed by atoms with Crippen LogP contribution in [0.15, 0.2) is 29.1 Å². The van der Waals surface area contributed by atoms with Gasteiger partial charge in [-0.05, 0) is 23.6 Å². The van der Waals surface area contributed by atoms with Crippen LogP contribution < -0.4 is 10.9 Å². The van der Waals surface area contributed by atoms with Gasteiger partial charge in [-0.15, -0.1) is 0 Å². The summed E-state index contributed by atoms with van der Waals surface area (Å²) in [5.41, 5.74) is 0.170. The van der Waals surface area contributed by atoms with Crippen LogP contribution in [-0.2, 0) is 4.79 Å². The molecule has 0 saturated heterocycles. The van der Waals surface area contributed by atoms with Gasteiger partial charge in [-0.3, -0.25) is 9.59 Å². The van der Waals surface area contributed by atoms with Crippen molar-refractivity contribution in [3.63, 3.8) is 0 Å². The first-order chi connectivity index (χ1) is 11.9. The number of carbonyl (C=O) groups excluding carboxylic acids is 2. The van der Waals surface area contributed by atoms with Gasteiger partial charge in [-0.2, -0.15) is 0 Å². The molecule has 0 bridgehead atoms. The lowest BCUT2D eigenvalue weighted by Crippen LogP contribution is -2.49. The second-order valence-electron chi connectivity index (χ2n) is 5.51. The van der Waals surface area contributed by atoms with Crippen molar-refractivity contribution in [3.8, 4) is 0 Å². The normalized spacial score (nSPS) is 16.0. The fourth-order valence-corrected chi connectivity index (χ4v) is 2.34. The Balaban J connectivity index is 2.27. The number of aromatic nitrogens is 1. The molecule has 0 aliphatic heterocycles. The van der Waals surface area contributed by atoms with Crippen molar-refractivity contribution in [2.75, 3.05) is 11.9 Å². The molecule has 1 aromatic heterocycles. The van der Waals surface area contributed by atoms with Crippen LogP contribution in [0.3, 0.4) is 0 Å². The molecule has 1 heterocycles. The Hall–Kier alpha value is -2.59. The third-order valence-electron chi connectivity index (χ3n) is 3.78. The van der Waals surface area contributed by atoms with Gasteiger partial charge in [0.2, 0.25) is 0 Å². The van der Waals surface area contributed by atoms with Gasteiger partial charge in [-0.1, -0.05) is 6.07 Å². The molecule has 0 unspecified atom stereocenters. The lowest BCUT2D eigenvalue weighted by Gasteiger charge is -2.26. The number of aromatic amines is 1. The summed E-state index contributed by atoms with van der Waals surface area (Å²) in [5.74, 6) is 0. The highest BCUT2D eigenvalue weighted by atomic mass is 16.4. The maximum atomic E-state index is 11.7. The molecule has 0 fully saturated rings. The SMILES string of the molecule is O=Cc1cc2ccc(N[C@H](C=O)[C@H](O)[C@@H](O)[C@@H](O)CO)cc2[nH]c1=O. The van der Waals surface area contributed by atoms with Gasteiger partial charge in [-0.25, -0.2) is 0 Å². The van der Waals surface area contributed by atoms with Gasteiger partial charge >= 0.3 is 0 Å². The number of hydrogen-bond donors (Lipinski definition) is 6. The summed E-state index contributed by atoms with van der Waals surface area (Å²) in [6.45, 7) is -0.778. The lowest BCUT2D eigenvalue weighted by molar-refractivity contribution is -0.117. The minimum absolute atomic E-state index is 0.0180. The highest BCUT2D eigenvalue weighted by molar-refractivity contribution is 5.87. The van der Waals surface area contributed by atoms with E-state index in [-0.39, 0.29) is 5.56 Å². The fourth-order valence-electron chi connectivity index (χ4n) is 2.34. The van der Waals surface area contributed by atoms with Crippen LogP contribution in [0, 0.1) is 0 Å². The van der Waals surface area contributed by atoms with Crippen LogP contribution in [0.25, 0.3) is 10.9 Å². The first-order valence-electron chi connectivity index (χ1n) is 7.40. The van der Waals surface area contributed by atoms with E-state index in [9.17, 15) is 29.7 Å². The maximum absolute atomic E-state index is 11.7. The zero-order chi connectivity index (χ0) is 18.6. The smallest absolute Gasteiger partial charge is 0.259 e. The third-order valence-corrected chi connectivity index (χ3v) is 3.78. The number of fused-ring (bicyclic) bond motifs is 1. The van der Waals surface area contributed by atoms with Gasteiger partial charge in [0, 0.05) is 5.69 Å². The lowest BCUT2D eigenvalue weighted by atomic mass is 10.0. The number of rotatable bonds is 8. The second kappa shape index (κ2) is 7.99. The highest BCUT2D eigenvalue weighted by Crippen LogP contribution is 2.18. The summed E-state index contributed by atoms with van der Waals surface area (Å²) >= 11 is 0. The Morgan fingerprint density at radius 1 is 1.12 bits per heavy atom. The molecule has 0 amide bonds. The zero-order valence-electron chi connectivity index (χ0n) is 13.0. The molecule has 0 aliphatic carbocycles. The Kier molecular flexibility index (Phi) is 5.99. The number of carbonyl (C=O) groups is 2. The van der Waals surface area contributed by atoms with Gasteiger partial charge < -0.3 is 35.5 Å². The number of nitrogens with one attached hydrogen (secondary N) is 2. The van der Waals surface area contributed by atoms with Crippen molar-refractivity contribution in [2.45, 2.75) is 24.4 Å². The van der Waals surface area contributed by atoms with Crippen LogP contribution >= 0.6 is 0 Å². The van der Waals surface area contributed by atoms with Crippen molar-refractivity contribution < 1.29 is 30.0 Å². The minimum Gasteiger partial charge on any atom is -0.394 e. The van der Waals surface area contributed by atoms with E-state index in [4.69, 9.17) is 5.11 Å². The van der Waals surface area contributed by atoms with Gasteiger partial charge in [0.05, 0.1) is 17.7 Å². The second-order valence-corrected chi connectivity index (χ2v) is 5.51. The van der Waals surface area contributed by atoms with E-state index < -0.39 is 36.5 Å². The van der Waals surface area contributed by atoms with Crippen LogP contribution in [0.2, 0.25) is 0 Å². The van der Waals surface area contributed by atoms with E-state index in [1.165, 1.54) is 12.1 Å². The van der Waals surface area contributed by atoms with E-state index in [1.54, 1.807) is 12.1 Å². The van der Waals surface area contributed by atoms with Crippen LogP contribution in [0.4, 0.5) is 5.69 Å². The van der Waals surface area contributed by atoms with Crippen molar-refractivity contribution in [3.05, 3.63) is 40.2 Å². The molecule has 0 spiro atoms. The highest BCUT2D eigenvalue weighted by Gasteiger charge is 2.31. The monoisotopic (exact) mass is 350 g/mol. The number of aliphatic hydroxyl groups excluding tert-OH is 4. The van der Waals surface area contributed by atoms with Crippen molar-refractivity contribution >= 4 is 29.2 Å². The van der Waals surface area contributed by atoms with Gasteiger partial charge in [0.15, 0.2) is 6.29 Å². The fraction of sp³-hybridized carbons (Fsp3) is 0.312. The molecule has 25 heavy (non-hydrogen) atoms. The number of anilines is 1. The summed E-state index contributed by atoms with van der Waals surface area (Å²) in [4.78, 5) is 36.2. The van der Waals surface area contributed by atoms with E-state index in [0.717, 1.165) is 0 Å². The summed E-state index contributed by atoms with van der Waals surface area (Å²) < 4.78 is 0. The average Bonchev–Trinajstić information content (AvgIpc) is 2.63. The standard InChI is InChI=1S/C16H18N2O7/c19-5-9-3-8-1-2-10(4-11(8)18-16(9)25)17-12(6-20)14(23)15(24)13(22)7-21/h1-6,12-15,17,21-24H,7H2,(H,18,25)/t12-,13+,14+,15+/m1/s1. The van der Waals surface area contributed by atoms with Crippen molar-refractivity contribution in [2.24, 2.45) is 0 Å². The Morgan fingerprint density at radius 3 is 2.44 bits per heavy atom. The molecule has 6 N–H and O–H groups in total. The molecule has 0 radical (unpaired) electrons. The number of pyridine rings is 1. The van der Waals surface area contributed by atoms with E-state index in [2.05, 4.69) is 10.3 Å². The zero-order valence-corrected chi connectivity index (χ0v) is 13.0. The molecular weight excluding hydrogens is 332 g/mol. The molecule has 2 rings (SSSR count). The predicted molar refractivity (Wildman–Crippen MR) is 88.5 cm³/mol. The van der Waals surface area contributed by atoms with Gasteiger partial charge in [0.25, 0.3) is 5.56 Å². The van der Waals surface area contributed by atoms with E-state index >= 15 is 0 Å². The van der Waals surface area contributed by atoms with Crippen LogP contribution in [-0.4, -0.2) is 68.9 Å². The summed E-state index contributed by atoms with van der Waals surface area (Å²) in [7, 11) is 0. The van der Waals surface area contributed by atoms with Gasteiger partial charge in [0.1, 0.15) is 30.6 Å². The Labute approximate surface area is 141 Å². The number of hydrogen-bond acceptors (Lipinski definition) is 8. The average molecular weight is 350 g/mol. The first kappa shape index (κ1) is 18.7. The van der Waals surface area contributed by atoms with Crippen molar-refractivity contribution in [1.29, 1.82) is 0 Å². The molecular formula is C16H18N2O7. The molecule has 2 aromatic rings. The minimum atomic E-state index is -1.73. The molecule has 4 atom stereocenters. The molecule has 1 aromatic carbocycles. The number of aldehydes is 2. The molecule has 0 saturated carbocycles. The van der Waals surface area contributed by atoms with E-state index in [1.807, 2.05) is 0 Å². The Bertz CT molecular complexity index is 820. The Morgan fingerprint density at radius 2 is 1.84 bits per heavy atom. The summed E-state index contributed by atoms with van der Waals surface area (Å²) in [6.07, 6.45) is -4.22. The van der Waals surface area contributed by atoms with Crippen molar-refractivity contribution in [1.82, 2.24) is 4.98 Å². The summed E-state index contributed by atoms with van der Waals surface area (Å²) in [6, 6.07) is 4.78. The largest absolute Gasteiger partial charge is 0.394 e. The number of benzene rings is 1. The number of H-pyrrole nitrogens is 1. The maximum Gasteiger partial charge on any atom is 0.259 e. The molecule has 9 nitrogen and oxygen atoms in total. The van der Waals surface area contributed by atoms with Crippen LogP contribution in [0.1, 0.15) is 10.4 Å². The first-order valence-corrected chi connectivity index (χ1v) is 7.40. The predicted octanol–water partition coefficient (Wildman–Crippen LogP) is -1.60. The summed E-state index contributed by atoms with van der Waals surface area (Å²) in [5, 5.41) is 41.1. The molecule has 9 heteroatoms. The quantitative estimate of drug-likeness (QED) is 0.310.